The maximum atomic E-state index is 11.9. The fourth-order valence-corrected chi connectivity index (χ4v) is 1.82. The number of hydrogen-bond acceptors (Lipinski definition) is 6. The molecule has 1 amide bonds. The first-order valence-corrected chi connectivity index (χ1v) is 7.66. The topological polar surface area (TPSA) is 144 Å². The molecule has 0 bridgehead atoms. The van der Waals surface area contributed by atoms with E-state index in [0.29, 0.717) is 5.69 Å². The van der Waals surface area contributed by atoms with E-state index < -0.39 is 24.1 Å². The number of nitrogens with one attached hydrogen (secondary N) is 2. The summed E-state index contributed by atoms with van der Waals surface area (Å²) in [6.45, 7) is 0.757. The predicted octanol–water partition coefficient (Wildman–Crippen LogP) is 1.82. The zero-order chi connectivity index (χ0) is 19.5. The van der Waals surface area contributed by atoms with E-state index in [1.54, 1.807) is 18.2 Å². The number of hydrogen-bond donors (Lipinski definition) is 4. The molecule has 1 aromatic heterocycles. The molecule has 0 atom stereocenters. The van der Waals surface area contributed by atoms with Gasteiger partial charge < -0.3 is 21.1 Å². The van der Waals surface area contributed by atoms with Crippen molar-refractivity contribution in [2.24, 2.45) is 0 Å². The van der Waals surface area contributed by atoms with E-state index in [1.165, 1.54) is 13.1 Å². The summed E-state index contributed by atoms with van der Waals surface area (Å²) in [5.74, 6) is -1.97. The van der Waals surface area contributed by atoms with Crippen LogP contribution in [0.5, 0.6) is 0 Å². The average Bonchev–Trinajstić information content (AvgIpc) is 2.61. The normalized spacial score (nSPS) is 9.42. The first kappa shape index (κ1) is 20.5. The summed E-state index contributed by atoms with van der Waals surface area (Å²) in [6, 6.07) is 14.6. The molecule has 0 aliphatic carbocycles. The Morgan fingerprint density at radius 1 is 1.12 bits per heavy atom. The number of benzene rings is 1. The Hall–Kier alpha value is -3.55. The van der Waals surface area contributed by atoms with E-state index in [9.17, 15) is 9.59 Å². The Labute approximate surface area is 151 Å². The molecule has 2 rings (SSSR count). The van der Waals surface area contributed by atoms with Crippen LogP contribution in [-0.4, -0.2) is 44.8 Å². The molecular weight excluding hydrogens is 334 g/mol. The molecule has 0 unspecified atom stereocenters. The van der Waals surface area contributed by atoms with E-state index >= 15 is 0 Å². The Kier molecular flexibility index (Phi) is 8.15. The van der Waals surface area contributed by atoms with Crippen LogP contribution in [-0.2, 0) is 16.1 Å². The van der Waals surface area contributed by atoms with Gasteiger partial charge >= 0.3 is 5.97 Å². The van der Waals surface area contributed by atoms with E-state index in [1.807, 2.05) is 30.3 Å². The molecule has 8 nitrogen and oxygen atoms in total. The summed E-state index contributed by atoms with van der Waals surface area (Å²) in [7, 11) is 0. The number of carbonyl (C=O) groups is 2. The summed E-state index contributed by atoms with van der Waals surface area (Å²) in [5.41, 5.74) is 5.98. The van der Waals surface area contributed by atoms with Crippen LogP contribution in [0.25, 0.3) is 0 Å². The van der Waals surface area contributed by atoms with Gasteiger partial charge in [-0.15, -0.1) is 0 Å². The van der Waals surface area contributed by atoms with Gasteiger partial charge in [0.1, 0.15) is 12.3 Å². The lowest BCUT2D eigenvalue weighted by molar-refractivity contribution is -0.142. The standard InChI is InChI=1S/C12H14N4O3.C6H7N/c1-8(13)11(14)12(19)16(7-10(17)18)6-9-4-2-3-5-15-9;7-6-4-2-1-3-5-6/h2-5,13-14H,6-7H2,1H3,(H,17,18);1-5H,7H2. The third-order valence-corrected chi connectivity index (χ3v) is 3.08. The minimum absolute atomic E-state index is 0.0123. The molecule has 0 aliphatic heterocycles. The number of nitrogens with zero attached hydrogens (tertiary/aromatic N) is 2. The number of carboxylic acids is 1. The lowest BCUT2D eigenvalue weighted by atomic mass is 10.2. The second-order valence-corrected chi connectivity index (χ2v) is 5.29. The quantitative estimate of drug-likeness (QED) is 0.461. The number of aliphatic carboxylic acids is 1. The van der Waals surface area contributed by atoms with Crippen LogP contribution in [0, 0.1) is 10.8 Å². The Morgan fingerprint density at radius 2 is 1.73 bits per heavy atom. The highest BCUT2D eigenvalue weighted by molar-refractivity contribution is 6.64. The fraction of sp³-hybridized carbons (Fsp3) is 0.167. The van der Waals surface area contributed by atoms with Gasteiger partial charge in [0.15, 0.2) is 0 Å². The van der Waals surface area contributed by atoms with Crippen molar-refractivity contribution in [2.75, 3.05) is 12.3 Å². The molecule has 0 saturated carbocycles. The Balaban J connectivity index is 0.000000401. The maximum Gasteiger partial charge on any atom is 0.323 e. The molecule has 1 heterocycles. The molecule has 8 heteroatoms. The number of aromatic nitrogens is 1. The van der Waals surface area contributed by atoms with Crippen LogP contribution in [0.4, 0.5) is 5.69 Å². The number of nitrogens with two attached hydrogens (primary N) is 1. The van der Waals surface area contributed by atoms with E-state index in [2.05, 4.69) is 4.98 Å². The van der Waals surface area contributed by atoms with Gasteiger partial charge in [-0.25, -0.2) is 0 Å². The second kappa shape index (κ2) is 10.3. The third kappa shape index (κ3) is 7.35. The highest BCUT2D eigenvalue weighted by atomic mass is 16.4. The van der Waals surface area contributed by atoms with Crippen molar-refractivity contribution in [3.8, 4) is 0 Å². The van der Waals surface area contributed by atoms with Crippen molar-refractivity contribution < 1.29 is 14.7 Å². The molecule has 0 fully saturated rings. The number of carboxylic acid groups (broad SMARTS) is 1. The van der Waals surface area contributed by atoms with Crippen molar-refractivity contribution in [1.82, 2.24) is 9.88 Å². The molecule has 0 spiro atoms. The zero-order valence-electron chi connectivity index (χ0n) is 14.3. The molecule has 136 valence electrons. The minimum atomic E-state index is -1.18. The summed E-state index contributed by atoms with van der Waals surface area (Å²) in [6.07, 6.45) is 1.53. The molecule has 5 N–H and O–H groups in total. The van der Waals surface area contributed by atoms with Crippen molar-refractivity contribution >= 4 is 29.0 Å². The van der Waals surface area contributed by atoms with Crippen LogP contribution < -0.4 is 5.73 Å². The summed E-state index contributed by atoms with van der Waals surface area (Å²) < 4.78 is 0. The molecule has 1 aromatic carbocycles. The number of para-hydroxylation sites is 1. The minimum Gasteiger partial charge on any atom is -0.480 e. The first-order chi connectivity index (χ1) is 12.3. The predicted molar refractivity (Wildman–Crippen MR) is 99.3 cm³/mol. The number of amides is 1. The van der Waals surface area contributed by atoms with Crippen molar-refractivity contribution in [1.29, 1.82) is 10.8 Å². The van der Waals surface area contributed by atoms with Crippen LogP contribution in [0.1, 0.15) is 12.6 Å². The van der Waals surface area contributed by atoms with Gasteiger partial charge in [-0.3, -0.25) is 20.0 Å². The van der Waals surface area contributed by atoms with Gasteiger partial charge in [0.2, 0.25) is 0 Å². The molecular formula is C18H21N5O3. The third-order valence-electron chi connectivity index (χ3n) is 3.08. The number of rotatable bonds is 6. The van der Waals surface area contributed by atoms with Crippen LogP contribution in [0.2, 0.25) is 0 Å². The highest BCUT2D eigenvalue weighted by Crippen LogP contribution is 2.03. The maximum absolute atomic E-state index is 11.9. The van der Waals surface area contributed by atoms with Crippen LogP contribution >= 0.6 is 0 Å². The van der Waals surface area contributed by atoms with Crippen molar-refractivity contribution in [3.05, 3.63) is 60.4 Å². The zero-order valence-corrected chi connectivity index (χ0v) is 14.3. The van der Waals surface area contributed by atoms with E-state index in [-0.39, 0.29) is 12.3 Å². The number of nitrogen functional groups attached to an aromatic ring is 1. The first-order valence-electron chi connectivity index (χ1n) is 7.66. The molecule has 0 saturated heterocycles. The van der Waals surface area contributed by atoms with E-state index in [0.717, 1.165) is 10.6 Å². The average molecular weight is 355 g/mol. The monoisotopic (exact) mass is 355 g/mol. The SMILES string of the molecule is CC(=N)C(=N)C(=O)N(CC(=O)O)Cc1ccccn1.Nc1ccccc1. The smallest absolute Gasteiger partial charge is 0.323 e. The lowest BCUT2D eigenvalue weighted by Crippen LogP contribution is -2.41. The molecule has 0 aliphatic rings. The summed E-state index contributed by atoms with van der Waals surface area (Å²) in [5, 5.41) is 23.5. The van der Waals surface area contributed by atoms with Gasteiger partial charge in [-0.2, -0.15) is 0 Å². The van der Waals surface area contributed by atoms with Crippen LogP contribution in [0.3, 0.4) is 0 Å². The van der Waals surface area contributed by atoms with Gasteiger partial charge in [0, 0.05) is 11.9 Å². The van der Waals surface area contributed by atoms with Crippen molar-refractivity contribution in [2.45, 2.75) is 13.5 Å². The molecule has 2 aromatic rings. The largest absolute Gasteiger partial charge is 0.480 e. The van der Waals surface area contributed by atoms with Gasteiger partial charge in [-0.1, -0.05) is 24.3 Å². The van der Waals surface area contributed by atoms with Gasteiger partial charge in [0.25, 0.3) is 5.91 Å². The molecule has 26 heavy (non-hydrogen) atoms. The Bertz CT molecular complexity index is 763. The number of pyridine rings is 1. The lowest BCUT2D eigenvalue weighted by Gasteiger charge is -2.20. The second-order valence-electron chi connectivity index (χ2n) is 5.29. The van der Waals surface area contributed by atoms with Gasteiger partial charge in [-0.05, 0) is 31.2 Å². The summed E-state index contributed by atoms with van der Waals surface area (Å²) in [4.78, 5) is 27.6. The summed E-state index contributed by atoms with van der Waals surface area (Å²) >= 11 is 0. The fourth-order valence-electron chi connectivity index (χ4n) is 1.82. The highest BCUT2D eigenvalue weighted by Gasteiger charge is 2.22. The molecule has 0 radical (unpaired) electrons. The van der Waals surface area contributed by atoms with E-state index in [4.69, 9.17) is 21.7 Å². The number of carbonyl (C=O) groups excluding carboxylic acids is 1. The van der Waals surface area contributed by atoms with Crippen molar-refractivity contribution in [3.63, 3.8) is 0 Å². The Morgan fingerprint density at radius 3 is 2.15 bits per heavy atom. The number of anilines is 1. The van der Waals surface area contributed by atoms with Gasteiger partial charge in [0.05, 0.1) is 18.0 Å². The van der Waals surface area contributed by atoms with Crippen LogP contribution in [0.15, 0.2) is 54.7 Å².